The van der Waals surface area contributed by atoms with Gasteiger partial charge in [0.15, 0.2) is 16.7 Å². The van der Waals surface area contributed by atoms with E-state index < -0.39 is 4.92 Å². The fraction of sp³-hybridized carbons (Fsp3) is 0.0870. The predicted octanol–water partition coefficient (Wildman–Crippen LogP) is 4.41. The van der Waals surface area contributed by atoms with Crippen LogP contribution < -0.4 is 4.74 Å². The van der Waals surface area contributed by atoms with Gasteiger partial charge in [0.1, 0.15) is 5.76 Å². The predicted molar refractivity (Wildman–Crippen MR) is 128 cm³/mol. The first-order valence-electron chi connectivity index (χ1n) is 9.91. The molecule has 1 saturated heterocycles. The Labute approximate surface area is 198 Å². The molecule has 11 heteroatoms. The molecule has 0 saturated carbocycles. The largest absolute Gasteiger partial charge is 0.504 e. The second-order valence-electron chi connectivity index (χ2n) is 6.99. The highest BCUT2D eigenvalue weighted by Crippen LogP contribution is 2.35. The Bertz CT molecular complexity index is 1320. The maximum absolute atomic E-state index is 13.1. The van der Waals surface area contributed by atoms with Crippen LogP contribution in [0.5, 0.6) is 11.5 Å². The van der Waals surface area contributed by atoms with E-state index >= 15 is 0 Å². The van der Waals surface area contributed by atoms with E-state index in [1.54, 1.807) is 42.5 Å². The van der Waals surface area contributed by atoms with Gasteiger partial charge in [-0.15, -0.1) is 5.10 Å². The molecule has 0 spiro atoms. The highest BCUT2D eigenvalue weighted by molar-refractivity contribution is 8.18. The van der Waals surface area contributed by atoms with Crippen LogP contribution in [0.15, 0.2) is 80.4 Å². The molecule has 172 valence electrons. The minimum Gasteiger partial charge on any atom is -0.504 e. The average molecular weight is 478 g/mol. The molecule has 1 amide bonds. The van der Waals surface area contributed by atoms with E-state index in [1.807, 2.05) is 0 Å². The molecule has 1 fully saturated rings. The lowest BCUT2D eigenvalue weighted by Crippen LogP contribution is -2.28. The highest BCUT2D eigenvalue weighted by Gasteiger charge is 2.34. The maximum Gasteiger partial charge on any atom is 0.270 e. The number of benzene rings is 2. The maximum atomic E-state index is 13.1. The molecular weight excluding hydrogens is 460 g/mol. The molecule has 1 N–H and O–H groups in total. The van der Waals surface area contributed by atoms with Crippen LogP contribution in [0.25, 0.3) is 6.08 Å². The van der Waals surface area contributed by atoms with Gasteiger partial charge in [0.25, 0.3) is 11.6 Å². The summed E-state index contributed by atoms with van der Waals surface area (Å²) < 4.78 is 10.5. The number of nitro benzene ring substituents is 1. The van der Waals surface area contributed by atoms with E-state index in [1.165, 1.54) is 42.7 Å². The van der Waals surface area contributed by atoms with Gasteiger partial charge >= 0.3 is 0 Å². The summed E-state index contributed by atoms with van der Waals surface area (Å²) in [6, 6.07) is 14.2. The van der Waals surface area contributed by atoms with Crippen molar-refractivity contribution in [3.05, 3.63) is 92.8 Å². The molecule has 4 rings (SSSR count). The first kappa shape index (κ1) is 22.8. The number of nitro groups is 1. The summed E-state index contributed by atoms with van der Waals surface area (Å²) in [5.74, 6) is 0.550. The number of phenolic OH excluding ortho intramolecular Hbond substituents is 1. The van der Waals surface area contributed by atoms with Crippen LogP contribution in [0, 0.1) is 10.1 Å². The number of non-ortho nitro benzene ring substituents is 1. The van der Waals surface area contributed by atoms with Crippen molar-refractivity contribution in [1.29, 1.82) is 0 Å². The van der Waals surface area contributed by atoms with Crippen molar-refractivity contribution in [2.24, 2.45) is 10.2 Å². The highest BCUT2D eigenvalue weighted by atomic mass is 32.2. The molecular formula is C23H18N4O6S. The summed E-state index contributed by atoms with van der Waals surface area (Å²) in [5, 5.41) is 29.3. The Morgan fingerprint density at radius 3 is 2.79 bits per heavy atom. The lowest BCUT2D eigenvalue weighted by atomic mass is 10.2. The topological polar surface area (TPSA) is 131 Å². The molecule has 2 heterocycles. The quantitative estimate of drug-likeness (QED) is 0.230. The molecule has 2 aromatic carbocycles. The lowest BCUT2D eigenvalue weighted by molar-refractivity contribution is -0.384. The van der Waals surface area contributed by atoms with Crippen molar-refractivity contribution < 1.29 is 24.0 Å². The van der Waals surface area contributed by atoms with Crippen LogP contribution >= 0.6 is 11.8 Å². The van der Waals surface area contributed by atoms with Crippen LogP contribution in [0.4, 0.5) is 5.69 Å². The van der Waals surface area contributed by atoms with Gasteiger partial charge in [0.2, 0.25) is 0 Å². The van der Waals surface area contributed by atoms with Gasteiger partial charge in [-0.1, -0.05) is 18.2 Å². The molecule has 0 atom stereocenters. The van der Waals surface area contributed by atoms with Crippen LogP contribution in [0.2, 0.25) is 0 Å². The fourth-order valence-corrected chi connectivity index (χ4v) is 4.01. The number of ether oxygens (including phenoxy) is 1. The molecule has 3 aromatic rings. The van der Waals surface area contributed by atoms with Gasteiger partial charge in [0.05, 0.1) is 36.0 Å². The Hall–Kier alpha value is -4.38. The number of amidine groups is 1. The van der Waals surface area contributed by atoms with Crippen molar-refractivity contribution in [3.8, 4) is 11.5 Å². The second-order valence-corrected chi connectivity index (χ2v) is 8.00. The van der Waals surface area contributed by atoms with E-state index in [0.29, 0.717) is 27.0 Å². The van der Waals surface area contributed by atoms with E-state index in [2.05, 4.69) is 10.2 Å². The standard InChI is InChI=1S/C23H18N4O6S/c1-32-20-11-15(7-8-19(20)28)12-21-22(29)26(14-18-6-3-9-33-18)23(34-21)25-24-13-16-4-2-5-17(10-16)27(30)31/h2-13,28H,14H2,1H3/b21-12-,24-13-,25-23+. The van der Waals surface area contributed by atoms with Crippen LogP contribution in [-0.2, 0) is 11.3 Å². The number of carbonyl (C=O) groups is 1. The van der Waals surface area contributed by atoms with Crippen molar-refractivity contribution >= 4 is 40.8 Å². The van der Waals surface area contributed by atoms with Gasteiger partial charge in [0, 0.05) is 17.7 Å². The summed E-state index contributed by atoms with van der Waals surface area (Å²) in [5.41, 5.74) is 1.10. The van der Waals surface area contributed by atoms with E-state index in [-0.39, 0.29) is 29.6 Å². The number of phenols is 1. The number of aromatic hydroxyl groups is 1. The number of thioether (sulfide) groups is 1. The minimum atomic E-state index is -0.491. The second kappa shape index (κ2) is 10.0. The third-order valence-corrected chi connectivity index (χ3v) is 5.71. The number of rotatable bonds is 7. The third kappa shape index (κ3) is 5.15. The number of carbonyl (C=O) groups excluding carboxylic acids is 1. The average Bonchev–Trinajstić information content (AvgIpc) is 3.45. The fourth-order valence-electron chi connectivity index (χ4n) is 3.08. The SMILES string of the molecule is COc1cc(/C=C2\S/C(=N/N=C\c3cccc([N+](=O)[O-])c3)N(Cc3ccco3)C2=O)ccc1O. The first-order valence-corrected chi connectivity index (χ1v) is 10.7. The molecule has 0 unspecified atom stereocenters. The molecule has 0 aliphatic carbocycles. The summed E-state index contributed by atoms with van der Waals surface area (Å²) in [4.78, 5) is 25.4. The summed E-state index contributed by atoms with van der Waals surface area (Å²) in [6.07, 6.45) is 4.55. The third-order valence-electron chi connectivity index (χ3n) is 4.71. The van der Waals surface area contributed by atoms with Crippen molar-refractivity contribution in [3.63, 3.8) is 0 Å². The van der Waals surface area contributed by atoms with Gasteiger partial charge < -0.3 is 14.3 Å². The Morgan fingerprint density at radius 1 is 1.21 bits per heavy atom. The van der Waals surface area contributed by atoms with Crippen molar-refractivity contribution in [2.45, 2.75) is 6.54 Å². The Kier molecular flexibility index (Phi) is 6.74. The van der Waals surface area contributed by atoms with Crippen LogP contribution in [0.3, 0.4) is 0 Å². The molecule has 1 aliphatic rings. The monoisotopic (exact) mass is 478 g/mol. The number of furan rings is 1. The summed E-state index contributed by atoms with van der Waals surface area (Å²) in [6.45, 7) is 0.153. The Morgan fingerprint density at radius 2 is 2.06 bits per heavy atom. The summed E-state index contributed by atoms with van der Waals surface area (Å²) >= 11 is 1.12. The number of hydrogen-bond acceptors (Lipinski definition) is 9. The number of hydrogen-bond donors (Lipinski definition) is 1. The first-order chi connectivity index (χ1) is 16.4. The molecule has 1 aliphatic heterocycles. The van der Waals surface area contributed by atoms with Gasteiger partial charge in [-0.05, 0) is 47.7 Å². The summed E-state index contributed by atoms with van der Waals surface area (Å²) in [7, 11) is 1.44. The van der Waals surface area contributed by atoms with Crippen molar-refractivity contribution in [1.82, 2.24) is 4.90 Å². The minimum absolute atomic E-state index is 0.00719. The number of methoxy groups -OCH3 is 1. The zero-order valence-corrected chi connectivity index (χ0v) is 18.6. The van der Waals surface area contributed by atoms with E-state index in [4.69, 9.17) is 9.15 Å². The van der Waals surface area contributed by atoms with Gasteiger partial charge in [-0.25, -0.2) is 0 Å². The Balaban J connectivity index is 1.63. The van der Waals surface area contributed by atoms with E-state index in [9.17, 15) is 20.0 Å². The zero-order chi connectivity index (χ0) is 24.1. The number of nitrogens with zero attached hydrogens (tertiary/aromatic N) is 4. The molecule has 0 radical (unpaired) electrons. The molecule has 1 aromatic heterocycles. The normalized spacial score (nSPS) is 16.1. The zero-order valence-electron chi connectivity index (χ0n) is 17.8. The molecule has 10 nitrogen and oxygen atoms in total. The smallest absolute Gasteiger partial charge is 0.270 e. The van der Waals surface area contributed by atoms with E-state index in [0.717, 1.165) is 11.8 Å². The van der Waals surface area contributed by atoms with Crippen molar-refractivity contribution in [2.75, 3.05) is 7.11 Å². The molecule has 0 bridgehead atoms. The molecule has 34 heavy (non-hydrogen) atoms. The lowest BCUT2D eigenvalue weighted by Gasteiger charge is -2.12. The van der Waals surface area contributed by atoms with Crippen LogP contribution in [-0.4, -0.2) is 39.3 Å². The van der Waals surface area contributed by atoms with Crippen LogP contribution in [0.1, 0.15) is 16.9 Å². The number of amides is 1. The van der Waals surface area contributed by atoms with Gasteiger partial charge in [-0.3, -0.25) is 19.8 Å². The van der Waals surface area contributed by atoms with Gasteiger partial charge in [-0.2, -0.15) is 5.10 Å².